The molecule has 0 radical (unpaired) electrons. The lowest BCUT2D eigenvalue weighted by molar-refractivity contribution is 0.357. The molecule has 0 amide bonds. The van der Waals surface area contributed by atoms with Crippen LogP contribution in [0.25, 0.3) is 0 Å². The fourth-order valence-corrected chi connectivity index (χ4v) is 2.17. The van der Waals surface area contributed by atoms with Crippen LogP contribution in [0.15, 0.2) is 12.4 Å². The fraction of sp³-hybridized carbons (Fsp3) is 0.636. The van der Waals surface area contributed by atoms with E-state index in [1.807, 2.05) is 0 Å². The zero-order chi connectivity index (χ0) is 11.8. The summed E-state index contributed by atoms with van der Waals surface area (Å²) in [5.41, 5.74) is 3.94. The Bertz CT molecular complexity index is 380. The first-order chi connectivity index (χ1) is 7.60. The Kier molecular flexibility index (Phi) is 2.82. The molecule has 3 N–H and O–H groups in total. The van der Waals surface area contributed by atoms with Crippen LogP contribution >= 0.6 is 0 Å². The molecule has 2 unspecified atom stereocenters. The highest BCUT2D eigenvalue weighted by Crippen LogP contribution is 2.57. The van der Waals surface area contributed by atoms with Crippen LogP contribution in [0.4, 0.5) is 0 Å². The largest absolute Gasteiger partial charge is 0.480 e. The molecule has 2 atom stereocenters. The standard InChI is InChI=1S/C11H18N4O/c1-11(2)6-7(11)8(15-12)9-10(16-3)14-5-4-13-9/h4-5,7-8,15H,6,12H2,1-3H3. The van der Waals surface area contributed by atoms with E-state index in [9.17, 15) is 0 Å². The maximum absolute atomic E-state index is 5.62. The van der Waals surface area contributed by atoms with Crippen molar-refractivity contribution in [3.05, 3.63) is 18.1 Å². The first-order valence-electron chi connectivity index (χ1n) is 5.41. The molecule has 1 saturated carbocycles. The number of nitrogens with one attached hydrogen (secondary N) is 1. The molecule has 1 heterocycles. The SMILES string of the molecule is COc1nccnc1C(NN)C1CC1(C)C. The topological polar surface area (TPSA) is 73.1 Å². The molecule has 88 valence electrons. The molecule has 1 fully saturated rings. The lowest BCUT2D eigenvalue weighted by atomic mass is 10.0. The van der Waals surface area contributed by atoms with E-state index in [0.717, 1.165) is 12.1 Å². The number of aromatic nitrogens is 2. The third-order valence-electron chi connectivity index (χ3n) is 3.35. The highest BCUT2D eigenvalue weighted by molar-refractivity contribution is 5.24. The summed E-state index contributed by atoms with van der Waals surface area (Å²) >= 11 is 0. The minimum absolute atomic E-state index is 0.0126. The van der Waals surface area contributed by atoms with Crippen molar-refractivity contribution in [2.75, 3.05) is 7.11 Å². The van der Waals surface area contributed by atoms with Gasteiger partial charge in [-0.15, -0.1) is 0 Å². The van der Waals surface area contributed by atoms with Gasteiger partial charge in [-0.1, -0.05) is 13.8 Å². The van der Waals surface area contributed by atoms with Crippen LogP contribution in [-0.4, -0.2) is 17.1 Å². The Labute approximate surface area is 95.4 Å². The maximum Gasteiger partial charge on any atom is 0.237 e. The number of hydrogen-bond acceptors (Lipinski definition) is 5. The van der Waals surface area contributed by atoms with E-state index in [4.69, 9.17) is 10.6 Å². The summed E-state index contributed by atoms with van der Waals surface area (Å²) < 4.78 is 5.21. The Morgan fingerprint density at radius 1 is 1.50 bits per heavy atom. The smallest absolute Gasteiger partial charge is 0.237 e. The van der Waals surface area contributed by atoms with Gasteiger partial charge in [0.05, 0.1) is 13.2 Å². The van der Waals surface area contributed by atoms with E-state index in [-0.39, 0.29) is 6.04 Å². The highest BCUT2D eigenvalue weighted by atomic mass is 16.5. The van der Waals surface area contributed by atoms with Gasteiger partial charge in [0, 0.05) is 12.4 Å². The van der Waals surface area contributed by atoms with Gasteiger partial charge in [0.1, 0.15) is 5.69 Å². The summed E-state index contributed by atoms with van der Waals surface area (Å²) in [5.74, 6) is 6.66. The van der Waals surface area contributed by atoms with E-state index in [1.165, 1.54) is 0 Å². The molecule has 5 heteroatoms. The molecular formula is C11H18N4O. The molecule has 1 aromatic heterocycles. The van der Waals surface area contributed by atoms with Crippen molar-refractivity contribution in [1.82, 2.24) is 15.4 Å². The van der Waals surface area contributed by atoms with Crippen LogP contribution in [0.5, 0.6) is 5.88 Å². The third-order valence-corrected chi connectivity index (χ3v) is 3.35. The number of hydrogen-bond donors (Lipinski definition) is 2. The molecule has 5 nitrogen and oxygen atoms in total. The van der Waals surface area contributed by atoms with E-state index in [2.05, 4.69) is 29.2 Å². The van der Waals surface area contributed by atoms with E-state index in [0.29, 0.717) is 17.2 Å². The summed E-state index contributed by atoms with van der Waals surface area (Å²) in [5, 5.41) is 0. The molecule has 0 saturated heterocycles. The zero-order valence-electron chi connectivity index (χ0n) is 9.90. The summed E-state index contributed by atoms with van der Waals surface area (Å²) in [6.45, 7) is 4.45. The van der Waals surface area contributed by atoms with Gasteiger partial charge in [0.2, 0.25) is 5.88 Å². The van der Waals surface area contributed by atoms with Gasteiger partial charge in [-0.25, -0.2) is 4.98 Å². The van der Waals surface area contributed by atoms with Crippen molar-refractivity contribution in [2.24, 2.45) is 17.2 Å². The quantitative estimate of drug-likeness (QED) is 0.588. The molecule has 1 aromatic rings. The van der Waals surface area contributed by atoms with E-state index >= 15 is 0 Å². The number of methoxy groups -OCH3 is 1. The van der Waals surface area contributed by atoms with E-state index < -0.39 is 0 Å². The number of ether oxygens (including phenoxy) is 1. The van der Waals surface area contributed by atoms with Crippen molar-refractivity contribution in [3.63, 3.8) is 0 Å². The van der Waals surface area contributed by atoms with Crippen LogP contribution in [0.2, 0.25) is 0 Å². The number of hydrazine groups is 1. The second-order valence-corrected chi connectivity index (χ2v) is 4.89. The van der Waals surface area contributed by atoms with Crippen molar-refractivity contribution >= 4 is 0 Å². The van der Waals surface area contributed by atoms with Gasteiger partial charge in [-0.05, 0) is 17.8 Å². The average Bonchev–Trinajstić information content (AvgIpc) is 2.89. The zero-order valence-corrected chi connectivity index (χ0v) is 9.90. The molecule has 0 aliphatic heterocycles. The van der Waals surface area contributed by atoms with Crippen LogP contribution in [-0.2, 0) is 0 Å². The lowest BCUT2D eigenvalue weighted by Crippen LogP contribution is -2.31. The Hall–Kier alpha value is -1.20. The van der Waals surface area contributed by atoms with Crippen LogP contribution in [0.1, 0.15) is 32.0 Å². The second-order valence-electron chi connectivity index (χ2n) is 4.89. The summed E-state index contributed by atoms with van der Waals surface area (Å²) in [6, 6.07) is 0.0126. The van der Waals surface area contributed by atoms with Crippen molar-refractivity contribution in [2.45, 2.75) is 26.3 Å². The average molecular weight is 222 g/mol. The highest BCUT2D eigenvalue weighted by Gasteiger charge is 2.51. The molecule has 0 bridgehead atoms. The van der Waals surface area contributed by atoms with Gasteiger partial charge in [0.15, 0.2) is 0 Å². The minimum atomic E-state index is 0.0126. The van der Waals surface area contributed by atoms with Gasteiger partial charge in [0.25, 0.3) is 0 Å². The third kappa shape index (κ3) is 1.88. The molecule has 2 rings (SSSR count). The number of nitrogens with two attached hydrogens (primary N) is 1. The van der Waals surface area contributed by atoms with Gasteiger partial charge in [-0.3, -0.25) is 16.3 Å². The lowest BCUT2D eigenvalue weighted by Gasteiger charge is -2.18. The number of rotatable bonds is 4. The Balaban J connectivity index is 2.27. The molecule has 0 spiro atoms. The predicted octanol–water partition coefficient (Wildman–Crippen LogP) is 1.04. The molecule has 1 aliphatic carbocycles. The summed E-state index contributed by atoms with van der Waals surface area (Å²) in [7, 11) is 1.60. The van der Waals surface area contributed by atoms with E-state index in [1.54, 1.807) is 19.5 Å². The normalized spacial score (nSPS) is 23.9. The monoisotopic (exact) mass is 222 g/mol. The first kappa shape index (κ1) is 11.3. The van der Waals surface area contributed by atoms with Crippen LogP contribution < -0.4 is 16.0 Å². The summed E-state index contributed by atoms with van der Waals surface area (Å²) in [4.78, 5) is 8.46. The van der Waals surface area contributed by atoms with Gasteiger partial charge in [-0.2, -0.15) is 0 Å². The van der Waals surface area contributed by atoms with Crippen LogP contribution in [0.3, 0.4) is 0 Å². The fourth-order valence-electron chi connectivity index (χ4n) is 2.17. The second kappa shape index (κ2) is 3.99. The van der Waals surface area contributed by atoms with Crippen molar-refractivity contribution in [1.29, 1.82) is 0 Å². The van der Waals surface area contributed by atoms with Crippen molar-refractivity contribution in [3.8, 4) is 5.88 Å². The first-order valence-corrected chi connectivity index (χ1v) is 5.41. The predicted molar refractivity (Wildman–Crippen MR) is 60.5 cm³/mol. The number of nitrogens with zero attached hydrogens (tertiary/aromatic N) is 2. The maximum atomic E-state index is 5.62. The van der Waals surface area contributed by atoms with Crippen molar-refractivity contribution < 1.29 is 4.74 Å². The Morgan fingerprint density at radius 2 is 2.12 bits per heavy atom. The molecule has 0 aromatic carbocycles. The van der Waals surface area contributed by atoms with Gasteiger partial charge < -0.3 is 4.74 Å². The van der Waals surface area contributed by atoms with Crippen LogP contribution in [0, 0.1) is 11.3 Å². The summed E-state index contributed by atoms with van der Waals surface area (Å²) in [6.07, 6.45) is 4.42. The minimum Gasteiger partial charge on any atom is -0.480 e. The van der Waals surface area contributed by atoms with Gasteiger partial charge >= 0.3 is 0 Å². The molecule has 1 aliphatic rings. The molecule has 16 heavy (non-hydrogen) atoms. The molecular weight excluding hydrogens is 204 g/mol. The Morgan fingerprint density at radius 3 is 2.62 bits per heavy atom.